The molecule has 1 aliphatic rings. The van der Waals surface area contributed by atoms with E-state index in [9.17, 15) is 4.79 Å². The number of carbonyl (C=O) groups excluding carboxylic acids is 1. The molecule has 1 aliphatic heterocycles. The molecule has 246 valence electrons. The van der Waals surface area contributed by atoms with Gasteiger partial charge in [-0.25, -0.2) is 9.97 Å². The van der Waals surface area contributed by atoms with E-state index in [1.54, 1.807) is 32.8 Å². The highest BCUT2D eigenvalue weighted by Crippen LogP contribution is 2.42. The van der Waals surface area contributed by atoms with Crippen LogP contribution < -0.4 is 20.1 Å². The Labute approximate surface area is 289 Å². The monoisotopic (exact) mass is 683 g/mol. The average Bonchev–Trinajstić information content (AvgIpc) is 3.54. The van der Waals surface area contributed by atoms with E-state index in [1.807, 2.05) is 54.7 Å². The summed E-state index contributed by atoms with van der Waals surface area (Å²) in [4.78, 5) is 34.5. The number of amides is 1. The summed E-state index contributed by atoms with van der Waals surface area (Å²) in [6.07, 6.45) is 10.9. The van der Waals surface area contributed by atoms with E-state index in [-0.39, 0.29) is 11.9 Å². The normalized spacial score (nSPS) is 14.2. The molecule has 1 fully saturated rings. The molecule has 2 aromatic carbocycles. The van der Waals surface area contributed by atoms with Crippen molar-refractivity contribution in [3.05, 3.63) is 100 Å². The van der Waals surface area contributed by atoms with Crippen LogP contribution in [0, 0.1) is 0 Å². The molecule has 0 saturated carbocycles. The standard InChI is InChI=1S/C36H35Cl2N7O3/c1-47-35-28(13-3-8-23-14-15-32(46)43-23)41-20-29(44-35)26-11-4-9-24(33(26)37)25-10-5-12-27(34(25)38)30-21-42-31(36(45-30)48-2)19-40-18-22-7-6-16-39-17-22/h4-7,9-12,16-17,20-21,23,40H,3,8,13-15,18-19H2,1-2H3,(H,43,46)/t23-/m1/s1. The summed E-state index contributed by atoms with van der Waals surface area (Å²) < 4.78 is 11.2. The smallest absolute Gasteiger partial charge is 0.237 e. The van der Waals surface area contributed by atoms with Gasteiger partial charge in [0.15, 0.2) is 0 Å². The zero-order valence-electron chi connectivity index (χ0n) is 26.7. The molecule has 48 heavy (non-hydrogen) atoms. The van der Waals surface area contributed by atoms with Gasteiger partial charge in [-0.05, 0) is 37.3 Å². The number of nitrogens with one attached hydrogen (secondary N) is 2. The molecule has 1 atom stereocenters. The van der Waals surface area contributed by atoms with E-state index >= 15 is 0 Å². The van der Waals surface area contributed by atoms with Gasteiger partial charge in [-0.15, -0.1) is 0 Å². The summed E-state index contributed by atoms with van der Waals surface area (Å²) in [5.41, 5.74) is 6.53. The summed E-state index contributed by atoms with van der Waals surface area (Å²) in [5, 5.41) is 7.33. The Bertz CT molecular complexity index is 1910. The van der Waals surface area contributed by atoms with Crippen LogP contribution in [0.1, 0.15) is 42.6 Å². The Balaban J connectivity index is 1.21. The maximum atomic E-state index is 11.5. The largest absolute Gasteiger partial charge is 0.480 e. The number of carbonyl (C=O) groups is 1. The van der Waals surface area contributed by atoms with Crippen LogP contribution in [0.15, 0.2) is 73.3 Å². The summed E-state index contributed by atoms with van der Waals surface area (Å²) in [7, 11) is 3.16. The molecule has 10 nitrogen and oxygen atoms in total. The number of benzene rings is 2. The van der Waals surface area contributed by atoms with E-state index in [4.69, 9.17) is 42.6 Å². The molecule has 0 unspecified atom stereocenters. The Morgan fingerprint density at radius 2 is 1.44 bits per heavy atom. The van der Waals surface area contributed by atoms with E-state index in [2.05, 4.69) is 25.6 Å². The Morgan fingerprint density at radius 3 is 2.02 bits per heavy atom. The van der Waals surface area contributed by atoms with Crippen LogP contribution in [0.25, 0.3) is 33.6 Å². The topological polar surface area (TPSA) is 124 Å². The molecule has 6 rings (SSSR count). The lowest BCUT2D eigenvalue weighted by atomic mass is 9.98. The maximum absolute atomic E-state index is 11.5. The van der Waals surface area contributed by atoms with Crippen LogP contribution in [0.3, 0.4) is 0 Å². The highest BCUT2D eigenvalue weighted by molar-refractivity contribution is 6.39. The molecule has 1 saturated heterocycles. The van der Waals surface area contributed by atoms with Crippen LogP contribution in [0.2, 0.25) is 10.0 Å². The first-order valence-corrected chi connectivity index (χ1v) is 16.5. The van der Waals surface area contributed by atoms with Crippen molar-refractivity contribution in [3.8, 4) is 45.4 Å². The molecule has 1 amide bonds. The number of aryl methyl sites for hydroxylation is 1. The SMILES string of the molecule is COc1nc(-c2cccc(-c3cccc(-c4cnc(CNCc5cccnc5)c(OC)n4)c3Cl)c2Cl)cnc1CCC[C@@H]1CCC(=O)N1. The molecule has 0 bridgehead atoms. The minimum absolute atomic E-state index is 0.123. The number of methoxy groups -OCH3 is 2. The fourth-order valence-electron chi connectivity index (χ4n) is 5.79. The van der Waals surface area contributed by atoms with Crippen molar-refractivity contribution in [3.63, 3.8) is 0 Å². The van der Waals surface area contributed by atoms with Gasteiger partial charge in [0.05, 0.1) is 48.0 Å². The summed E-state index contributed by atoms with van der Waals surface area (Å²) in [5.74, 6) is 0.986. The third-order valence-corrected chi connectivity index (χ3v) is 9.06. The van der Waals surface area contributed by atoms with Gasteiger partial charge in [0.1, 0.15) is 11.4 Å². The highest BCUT2D eigenvalue weighted by atomic mass is 35.5. The predicted molar refractivity (Wildman–Crippen MR) is 186 cm³/mol. The molecule has 0 spiro atoms. The van der Waals surface area contributed by atoms with E-state index < -0.39 is 0 Å². The van der Waals surface area contributed by atoms with Crippen LogP contribution >= 0.6 is 23.2 Å². The number of hydrogen-bond donors (Lipinski definition) is 2. The van der Waals surface area contributed by atoms with Crippen molar-refractivity contribution >= 4 is 29.1 Å². The molecule has 4 heterocycles. The molecule has 5 aromatic rings. The summed E-state index contributed by atoms with van der Waals surface area (Å²) in [6, 6.07) is 15.6. The highest BCUT2D eigenvalue weighted by Gasteiger charge is 2.22. The van der Waals surface area contributed by atoms with Crippen LogP contribution in [0.4, 0.5) is 0 Å². The molecule has 0 aliphatic carbocycles. The van der Waals surface area contributed by atoms with Gasteiger partial charge in [-0.2, -0.15) is 0 Å². The van der Waals surface area contributed by atoms with Crippen molar-refractivity contribution in [2.75, 3.05) is 14.2 Å². The first kappa shape index (κ1) is 33.3. The lowest BCUT2D eigenvalue weighted by Gasteiger charge is -2.15. The number of aromatic nitrogens is 5. The van der Waals surface area contributed by atoms with Gasteiger partial charge >= 0.3 is 0 Å². The van der Waals surface area contributed by atoms with Gasteiger partial charge in [0, 0.05) is 60.2 Å². The molecule has 2 N–H and O–H groups in total. The number of halogens is 2. The zero-order chi connectivity index (χ0) is 33.5. The van der Waals surface area contributed by atoms with Crippen LogP contribution in [-0.2, 0) is 24.3 Å². The fourth-order valence-corrected chi connectivity index (χ4v) is 6.44. The number of pyridine rings is 1. The number of hydrogen-bond acceptors (Lipinski definition) is 9. The fraction of sp³-hybridized carbons (Fsp3) is 0.278. The first-order valence-electron chi connectivity index (χ1n) is 15.7. The minimum atomic E-state index is 0.123. The summed E-state index contributed by atoms with van der Waals surface area (Å²) >= 11 is 14.1. The first-order chi connectivity index (χ1) is 23.4. The number of nitrogens with zero attached hydrogens (tertiary/aromatic N) is 5. The second-order valence-corrected chi connectivity index (χ2v) is 12.2. The van der Waals surface area contributed by atoms with Crippen molar-refractivity contribution in [2.45, 2.75) is 51.2 Å². The van der Waals surface area contributed by atoms with Crippen LogP contribution in [-0.4, -0.2) is 51.1 Å². The molecule has 12 heteroatoms. The number of ether oxygens (including phenoxy) is 2. The van der Waals surface area contributed by atoms with Gasteiger partial charge in [-0.3, -0.25) is 19.7 Å². The van der Waals surface area contributed by atoms with Gasteiger partial charge < -0.3 is 20.1 Å². The molecular formula is C36H35Cl2N7O3. The molecular weight excluding hydrogens is 649 g/mol. The second-order valence-electron chi connectivity index (χ2n) is 11.4. The van der Waals surface area contributed by atoms with Gasteiger partial charge in [-0.1, -0.05) is 65.7 Å². The Morgan fingerprint density at radius 1 is 0.812 bits per heavy atom. The van der Waals surface area contributed by atoms with Gasteiger partial charge in [0.25, 0.3) is 0 Å². The number of rotatable bonds is 13. The van der Waals surface area contributed by atoms with E-state index in [1.165, 1.54) is 0 Å². The third-order valence-electron chi connectivity index (χ3n) is 8.24. The maximum Gasteiger partial charge on any atom is 0.237 e. The Hall–Kier alpha value is -4.64. The van der Waals surface area contributed by atoms with E-state index in [0.717, 1.165) is 41.6 Å². The molecule has 3 aromatic heterocycles. The van der Waals surface area contributed by atoms with Crippen molar-refractivity contribution in [1.29, 1.82) is 0 Å². The lowest BCUT2D eigenvalue weighted by Crippen LogP contribution is -2.25. The average molecular weight is 685 g/mol. The second kappa shape index (κ2) is 15.5. The lowest BCUT2D eigenvalue weighted by molar-refractivity contribution is -0.119. The quantitative estimate of drug-likeness (QED) is 0.137. The minimum Gasteiger partial charge on any atom is -0.480 e. The zero-order valence-corrected chi connectivity index (χ0v) is 28.2. The predicted octanol–water partition coefficient (Wildman–Crippen LogP) is 6.88. The third kappa shape index (κ3) is 7.57. The van der Waals surface area contributed by atoms with E-state index in [0.29, 0.717) is 75.9 Å². The van der Waals surface area contributed by atoms with Crippen molar-refractivity contribution in [2.24, 2.45) is 0 Å². The molecule has 0 radical (unpaired) electrons. The Kier molecular flexibility index (Phi) is 10.7. The van der Waals surface area contributed by atoms with Crippen molar-refractivity contribution in [1.82, 2.24) is 35.6 Å². The summed E-state index contributed by atoms with van der Waals surface area (Å²) in [6.45, 7) is 1.11. The van der Waals surface area contributed by atoms with Crippen LogP contribution in [0.5, 0.6) is 11.8 Å². The van der Waals surface area contributed by atoms with Crippen molar-refractivity contribution < 1.29 is 14.3 Å². The van der Waals surface area contributed by atoms with Gasteiger partial charge in [0.2, 0.25) is 17.7 Å².